The standard InChI is InChI=1S/C20H26N8O.ClH/c1-25-12-16(10-23-25)17-13-28-18(2-5-22-28)20(24-17)27-7-3-15(4-8-27)11-26-9-6-21-19(29)14-26;/h2,5,10,12-13,15H,3-4,6-9,11,14H2,1H3,(H,21,29);1H. The van der Waals surface area contributed by atoms with Crippen LogP contribution in [0.3, 0.4) is 0 Å². The molecule has 1 N–H and O–H groups in total. The van der Waals surface area contributed by atoms with Gasteiger partial charge in [0.2, 0.25) is 5.91 Å². The molecular weight excluding hydrogens is 404 g/mol. The lowest BCUT2D eigenvalue weighted by Crippen LogP contribution is -2.50. The second kappa shape index (κ2) is 8.61. The molecule has 0 bridgehead atoms. The number of anilines is 1. The molecule has 30 heavy (non-hydrogen) atoms. The minimum atomic E-state index is 0. The molecule has 0 unspecified atom stereocenters. The SMILES string of the molecule is Cl.Cn1cc(-c2cn3nccc3c(N3CCC(CN4CCNC(=O)C4)CC3)n2)cn1. The van der Waals surface area contributed by atoms with Crippen LogP contribution < -0.4 is 10.2 Å². The number of aryl methyl sites for hydroxylation is 1. The first-order valence-corrected chi connectivity index (χ1v) is 10.2. The largest absolute Gasteiger partial charge is 0.355 e. The number of halogens is 1. The third kappa shape index (κ3) is 4.13. The average Bonchev–Trinajstić information content (AvgIpc) is 3.37. The average molecular weight is 431 g/mol. The van der Waals surface area contributed by atoms with Crippen molar-refractivity contribution in [1.82, 2.24) is 34.6 Å². The van der Waals surface area contributed by atoms with Crippen LogP contribution in [0, 0.1) is 5.92 Å². The van der Waals surface area contributed by atoms with Crippen molar-refractivity contribution in [3.05, 3.63) is 30.9 Å². The molecule has 2 saturated heterocycles. The zero-order chi connectivity index (χ0) is 19.8. The summed E-state index contributed by atoms with van der Waals surface area (Å²) < 4.78 is 3.69. The van der Waals surface area contributed by atoms with Gasteiger partial charge >= 0.3 is 0 Å². The van der Waals surface area contributed by atoms with Crippen molar-refractivity contribution in [3.63, 3.8) is 0 Å². The fraction of sp³-hybridized carbons (Fsp3) is 0.500. The second-order valence-electron chi connectivity index (χ2n) is 8.03. The number of piperidine rings is 1. The molecule has 2 fully saturated rings. The van der Waals surface area contributed by atoms with Gasteiger partial charge < -0.3 is 10.2 Å². The highest BCUT2D eigenvalue weighted by atomic mass is 35.5. The first kappa shape index (κ1) is 20.6. The van der Waals surface area contributed by atoms with Crippen molar-refractivity contribution in [2.75, 3.05) is 44.2 Å². The Hall–Kier alpha value is -2.65. The van der Waals surface area contributed by atoms with E-state index < -0.39 is 0 Å². The Labute approximate surface area is 181 Å². The van der Waals surface area contributed by atoms with E-state index in [2.05, 4.69) is 25.3 Å². The number of carbonyl (C=O) groups excluding carboxylic acids is 1. The van der Waals surface area contributed by atoms with Gasteiger partial charge in [-0.3, -0.25) is 14.4 Å². The first-order chi connectivity index (χ1) is 14.2. The highest BCUT2D eigenvalue weighted by Gasteiger charge is 2.26. The summed E-state index contributed by atoms with van der Waals surface area (Å²) in [6.45, 7) is 5.20. The Morgan fingerprint density at radius 2 is 2.00 bits per heavy atom. The van der Waals surface area contributed by atoms with Crippen molar-refractivity contribution in [2.24, 2.45) is 13.0 Å². The van der Waals surface area contributed by atoms with Crippen LogP contribution in [0.15, 0.2) is 30.9 Å². The van der Waals surface area contributed by atoms with Gasteiger partial charge in [0, 0.05) is 51.5 Å². The molecular formula is C20H27ClN8O. The van der Waals surface area contributed by atoms with Gasteiger partial charge in [-0.25, -0.2) is 9.50 Å². The van der Waals surface area contributed by atoms with Crippen molar-refractivity contribution in [2.45, 2.75) is 12.8 Å². The summed E-state index contributed by atoms with van der Waals surface area (Å²) in [4.78, 5) is 21.3. The molecule has 0 spiro atoms. The summed E-state index contributed by atoms with van der Waals surface area (Å²) in [5, 5.41) is 11.6. The van der Waals surface area contributed by atoms with Crippen LogP contribution in [0.1, 0.15) is 12.8 Å². The number of rotatable bonds is 4. The minimum Gasteiger partial charge on any atom is -0.355 e. The molecule has 3 aromatic heterocycles. The van der Waals surface area contributed by atoms with Crippen LogP contribution in [-0.2, 0) is 11.8 Å². The smallest absolute Gasteiger partial charge is 0.234 e. The summed E-state index contributed by atoms with van der Waals surface area (Å²) >= 11 is 0. The number of piperazine rings is 1. The van der Waals surface area contributed by atoms with E-state index in [1.165, 1.54) is 0 Å². The number of amides is 1. The Kier molecular flexibility index (Phi) is 5.92. The molecule has 0 saturated carbocycles. The molecule has 0 aliphatic carbocycles. The number of carbonyl (C=O) groups is 1. The highest BCUT2D eigenvalue weighted by Crippen LogP contribution is 2.28. The molecule has 2 aliphatic heterocycles. The van der Waals surface area contributed by atoms with Gasteiger partial charge in [0.15, 0.2) is 5.82 Å². The fourth-order valence-corrected chi connectivity index (χ4v) is 4.38. The maximum absolute atomic E-state index is 11.6. The van der Waals surface area contributed by atoms with Crippen molar-refractivity contribution in [1.29, 1.82) is 0 Å². The molecule has 10 heteroatoms. The summed E-state index contributed by atoms with van der Waals surface area (Å²) in [6, 6.07) is 2.02. The lowest BCUT2D eigenvalue weighted by Gasteiger charge is -2.36. The zero-order valence-corrected chi connectivity index (χ0v) is 17.9. The maximum atomic E-state index is 11.6. The first-order valence-electron chi connectivity index (χ1n) is 10.2. The maximum Gasteiger partial charge on any atom is 0.234 e. The van der Waals surface area contributed by atoms with Crippen LogP contribution in [0.5, 0.6) is 0 Å². The van der Waals surface area contributed by atoms with Crippen molar-refractivity contribution in [3.8, 4) is 11.3 Å². The Morgan fingerprint density at radius 3 is 2.73 bits per heavy atom. The predicted octanol–water partition coefficient (Wildman–Crippen LogP) is 1.20. The lowest BCUT2D eigenvalue weighted by molar-refractivity contribution is -0.124. The fourth-order valence-electron chi connectivity index (χ4n) is 4.38. The molecule has 3 aromatic rings. The monoisotopic (exact) mass is 430 g/mol. The van der Waals surface area contributed by atoms with E-state index in [0.717, 1.165) is 68.2 Å². The molecule has 1 amide bonds. The highest BCUT2D eigenvalue weighted by molar-refractivity contribution is 5.85. The summed E-state index contributed by atoms with van der Waals surface area (Å²) in [5.41, 5.74) is 2.90. The van der Waals surface area contributed by atoms with Crippen LogP contribution in [0.25, 0.3) is 16.8 Å². The Morgan fingerprint density at radius 1 is 1.17 bits per heavy atom. The zero-order valence-electron chi connectivity index (χ0n) is 17.1. The number of aromatic nitrogens is 5. The Bertz CT molecular complexity index is 1020. The van der Waals surface area contributed by atoms with Gasteiger partial charge in [-0.05, 0) is 24.8 Å². The van der Waals surface area contributed by atoms with Crippen LogP contribution in [0.4, 0.5) is 5.82 Å². The minimum absolute atomic E-state index is 0. The van der Waals surface area contributed by atoms with Crippen LogP contribution >= 0.6 is 12.4 Å². The lowest BCUT2D eigenvalue weighted by atomic mass is 9.96. The third-order valence-corrected chi connectivity index (χ3v) is 5.92. The normalized spacial score (nSPS) is 18.4. The van der Waals surface area contributed by atoms with E-state index >= 15 is 0 Å². The molecule has 0 aromatic carbocycles. The third-order valence-electron chi connectivity index (χ3n) is 5.92. The molecule has 0 atom stereocenters. The molecule has 5 rings (SSSR count). The van der Waals surface area contributed by atoms with Crippen LogP contribution in [-0.4, -0.2) is 74.5 Å². The van der Waals surface area contributed by atoms with E-state index in [1.807, 2.05) is 42.4 Å². The summed E-state index contributed by atoms with van der Waals surface area (Å²) in [7, 11) is 1.91. The van der Waals surface area contributed by atoms with E-state index in [9.17, 15) is 4.79 Å². The van der Waals surface area contributed by atoms with E-state index in [1.54, 1.807) is 4.68 Å². The number of hydrogen-bond donors (Lipinski definition) is 1. The van der Waals surface area contributed by atoms with Crippen molar-refractivity contribution >= 4 is 29.6 Å². The van der Waals surface area contributed by atoms with E-state index in [-0.39, 0.29) is 18.3 Å². The van der Waals surface area contributed by atoms with Gasteiger partial charge in [0.1, 0.15) is 5.52 Å². The Balaban J connectivity index is 0.00000218. The van der Waals surface area contributed by atoms with Gasteiger partial charge in [0.25, 0.3) is 0 Å². The number of fused-ring (bicyclic) bond motifs is 1. The van der Waals surface area contributed by atoms with Crippen LogP contribution in [0.2, 0.25) is 0 Å². The molecule has 0 radical (unpaired) electrons. The molecule has 5 heterocycles. The number of nitrogens with zero attached hydrogens (tertiary/aromatic N) is 7. The van der Waals surface area contributed by atoms with Gasteiger partial charge in [0.05, 0.1) is 30.8 Å². The van der Waals surface area contributed by atoms with Gasteiger partial charge in [-0.1, -0.05) is 0 Å². The molecule has 160 valence electrons. The second-order valence-corrected chi connectivity index (χ2v) is 8.03. The number of nitrogens with one attached hydrogen (secondary N) is 1. The summed E-state index contributed by atoms with van der Waals surface area (Å²) in [5.74, 6) is 1.76. The van der Waals surface area contributed by atoms with E-state index in [4.69, 9.17) is 4.98 Å². The number of hydrogen-bond acceptors (Lipinski definition) is 6. The topological polar surface area (TPSA) is 83.6 Å². The summed E-state index contributed by atoms with van der Waals surface area (Å²) in [6.07, 6.45) is 9.81. The van der Waals surface area contributed by atoms with Gasteiger partial charge in [-0.2, -0.15) is 10.2 Å². The van der Waals surface area contributed by atoms with E-state index in [0.29, 0.717) is 12.5 Å². The van der Waals surface area contributed by atoms with Crippen molar-refractivity contribution < 1.29 is 4.79 Å². The quantitative estimate of drug-likeness (QED) is 0.669. The van der Waals surface area contributed by atoms with Gasteiger partial charge in [-0.15, -0.1) is 12.4 Å². The molecule has 9 nitrogen and oxygen atoms in total. The molecule has 2 aliphatic rings. The predicted molar refractivity (Wildman–Crippen MR) is 117 cm³/mol.